The Kier molecular flexibility index (Phi) is 11.3. The fraction of sp³-hybridized carbons (Fsp3) is 0.0845. The number of hydrogen-bond donors (Lipinski definition) is 0. The van der Waals surface area contributed by atoms with Crippen molar-refractivity contribution in [2.75, 3.05) is 0 Å². The molecule has 2 unspecified atom stereocenters. The molecule has 0 amide bonds. The van der Waals surface area contributed by atoms with Gasteiger partial charge in [-0.3, -0.25) is 4.57 Å². The molecule has 0 saturated carbocycles. The van der Waals surface area contributed by atoms with Gasteiger partial charge < -0.3 is 0 Å². The van der Waals surface area contributed by atoms with E-state index < -0.39 is 0 Å². The molecule has 1 aromatic heterocycles. The lowest BCUT2D eigenvalue weighted by atomic mass is 9.73. The van der Waals surface area contributed by atoms with E-state index in [0.717, 1.165) is 34.8 Å². The summed E-state index contributed by atoms with van der Waals surface area (Å²) in [6, 6.07) is 87.0. The highest BCUT2D eigenvalue weighted by molar-refractivity contribution is 6.21. The second kappa shape index (κ2) is 18.7. The van der Waals surface area contributed by atoms with Crippen molar-refractivity contribution < 1.29 is 0 Å². The number of hydrogen-bond acceptors (Lipinski definition) is 1. The second-order valence-electron chi connectivity index (χ2n) is 19.9. The maximum atomic E-state index is 5.30. The van der Waals surface area contributed by atoms with Crippen molar-refractivity contribution in [3.63, 3.8) is 0 Å². The molecule has 348 valence electrons. The van der Waals surface area contributed by atoms with E-state index in [1.165, 1.54) is 94.0 Å². The van der Waals surface area contributed by atoms with Crippen LogP contribution in [0.15, 0.2) is 255 Å². The second-order valence-corrected chi connectivity index (χ2v) is 19.9. The number of allylic oxidation sites excluding steroid dienone is 5. The highest BCUT2D eigenvalue weighted by atomic mass is 15.1. The van der Waals surface area contributed by atoms with Crippen LogP contribution in [0.2, 0.25) is 0 Å². The monoisotopic (exact) mass is 934 g/mol. The van der Waals surface area contributed by atoms with Gasteiger partial charge in [-0.05, 0) is 149 Å². The predicted octanol–water partition coefficient (Wildman–Crippen LogP) is 18.9. The summed E-state index contributed by atoms with van der Waals surface area (Å²) >= 11 is 0. The van der Waals surface area contributed by atoms with Crippen molar-refractivity contribution >= 4 is 38.8 Å². The minimum atomic E-state index is 0.181. The van der Waals surface area contributed by atoms with E-state index in [2.05, 4.69) is 279 Å². The van der Waals surface area contributed by atoms with Gasteiger partial charge in [0.05, 0.1) is 11.4 Å². The maximum absolute atomic E-state index is 5.30. The number of benzene rings is 10. The van der Waals surface area contributed by atoms with Gasteiger partial charge in [-0.2, -0.15) is 0 Å². The van der Waals surface area contributed by atoms with Gasteiger partial charge in [-0.1, -0.05) is 232 Å². The molecule has 0 fully saturated rings. The topological polar surface area (TPSA) is 17.8 Å². The molecule has 3 atom stereocenters. The van der Waals surface area contributed by atoms with Crippen LogP contribution in [-0.2, 0) is 0 Å². The van der Waals surface area contributed by atoms with E-state index in [1.807, 2.05) is 0 Å². The van der Waals surface area contributed by atoms with E-state index in [9.17, 15) is 0 Å². The average Bonchev–Trinajstić information content (AvgIpc) is 3.87. The Balaban J connectivity index is 1.05. The fourth-order valence-corrected chi connectivity index (χ4v) is 11.8. The molecule has 0 bridgehead atoms. The lowest BCUT2D eigenvalue weighted by molar-refractivity contribution is 0.655. The van der Waals surface area contributed by atoms with Crippen LogP contribution in [0.25, 0.3) is 100 Å². The van der Waals surface area contributed by atoms with Crippen molar-refractivity contribution in [1.82, 2.24) is 9.55 Å². The van der Waals surface area contributed by atoms with Crippen LogP contribution >= 0.6 is 0 Å². The highest BCUT2D eigenvalue weighted by Gasteiger charge is 2.29. The molecule has 13 rings (SSSR count). The summed E-state index contributed by atoms with van der Waals surface area (Å²) < 4.78 is 2.38. The Morgan fingerprint density at radius 3 is 1.58 bits per heavy atom. The molecule has 0 saturated heterocycles. The van der Waals surface area contributed by atoms with Crippen LogP contribution in [0.5, 0.6) is 0 Å². The van der Waals surface area contributed by atoms with E-state index in [4.69, 9.17) is 4.98 Å². The minimum absolute atomic E-state index is 0.181. The summed E-state index contributed by atoms with van der Waals surface area (Å²) in [6.45, 7) is 4.70. The number of rotatable bonds is 9. The van der Waals surface area contributed by atoms with E-state index in [-0.39, 0.29) is 11.8 Å². The summed E-state index contributed by atoms with van der Waals surface area (Å²) in [7, 11) is 0. The summed E-state index contributed by atoms with van der Waals surface area (Å²) in [4.78, 5) is 5.30. The SMILES string of the molecule is CC1CC=Cc2nc(-c3ccc(-c4ccc5c(C6=CC(c7ccccc7)[C@H](C)C(c7ccccc7)=C6)c6ccccc6c(-c6cc(-c7ccccc7)cc(-c7ccccc7)c6)c5c4)cc3)n(-c3ccccc3)c21. The van der Waals surface area contributed by atoms with Crippen LogP contribution in [0, 0.1) is 5.92 Å². The van der Waals surface area contributed by atoms with Gasteiger partial charge in [-0.25, -0.2) is 4.98 Å². The molecule has 2 aliphatic carbocycles. The summed E-state index contributed by atoms with van der Waals surface area (Å²) in [5.74, 6) is 1.79. The Hall–Kier alpha value is -8.85. The third kappa shape index (κ3) is 8.06. The molecule has 73 heavy (non-hydrogen) atoms. The van der Waals surface area contributed by atoms with Crippen molar-refractivity contribution in [3.8, 4) is 61.6 Å². The number of nitrogens with zero attached hydrogens (tertiary/aromatic N) is 2. The van der Waals surface area contributed by atoms with Crippen molar-refractivity contribution in [1.29, 1.82) is 0 Å². The molecular formula is C71H54N2. The predicted molar refractivity (Wildman–Crippen MR) is 309 cm³/mol. The molecule has 0 radical (unpaired) electrons. The zero-order valence-corrected chi connectivity index (χ0v) is 41.2. The van der Waals surface area contributed by atoms with Crippen LogP contribution < -0.4 is 0 Å². The first-order valence-electron chi connectivity index (χ1n) is 25.8. The van der Waals surface area contributed by atoms with Crippen LogP contribution in [0.1, 0.15) is 60.2 Å². The van der Waals surface area contributed by atoms with Crippen LogP contribution in [0.3, 0.4) is 0 Å². The fourth-order valence-electron chi connectivity index (χ4n) is 11.8. The minimum Gasteiger partial charge on any atom is -0.296 e. The van der Waals surface area contributed by atoms with Gasteiger partial charge >= 0.3 is 0 Å². The quantitative estimate of drug-likeness (QED) is 0.132. The Bertz CT molecular complexity index is 3860. The third-order valence-electron chi connectivity index (χ3n) is 15.4. The van der Waals surface area contributed by atoms with E-state index in [1.54, 1.807) is 0 Å². The highest BCUT2D eigenvalue weighted by Crippen LogP contribution is 2.50. The van der Waals surface area contributed by atoms with Gasteiger partial charge in [0.15, 0.2) is 0 Å². The maximum Gasteiger partial charge on any atom is 0.145 e. The van der Waals surface area contributed by atoms with Crippen LogP contribution in [-0.4, -0.2) is 9.55 Å². The third-order valence-corrected chi connectivity index (χ3v) is 15.4. The molecule has 0 aliphatic heterocycles. The molecule has 0 spiro atoms. The number of para-hydroxylation sites is 1. The lowest BCUT2D eigenvalue weighted by Gasteiger charge is -2.31. The van der Waals surface area contributed by atoms with Gasteiger partial charge in [-0.15, -0.1) is 0 Å². The Morgan fingerprint density at radius 2 is 0.932 bits per heavy atom. The number of aromatic nitrogens is 2. The van der Waals surface area contributed by atoms with Gasteiger partial charge in [0.25, 0.3) is 0 Å². The molecule has 2 nitrogen and oxygen atoms in total. The zero-order valence-electron chi connectivity index (χ0n) is 41.2. The lowest BCUT2D eigenvalue weighted by Crippen LogP contribution is -2.14. The van der Waals surface area contributed by atoms with Crippen molar-refractivity contribution in [3.05, 3.63) is 283 Å². The molecule has 11 aromatic rings. The first kappa shape index (κ1) is 44.1. The largest absolute Gasteiger partial charge is 0.296 e. The van der Waals surface area contributed by atoms with Crippen LogP contribution in [0.4, 0.5) is 0 Å². The summed E-state index contributed by atoms with van der Waals surface area (Å²) in [5, 5.41) is 4.92. The van der Waals surface area contributed by atoms with E-state index >= 15 is 0 Å². The van der Waals surface area contributed by atoms with Crippen molar-refractivity contribution in [2.24, 2.45) is 5.92 Å². The first-order valence-corrected chi connectivity index (χ1v) is 25.8. The molecule has 2 aliphatic rings. The standard InChI is InChI=1S/C71H54N2/c1-47-21-20-34-67-70(47)73(60-30-16-7-17-31-60)71(72-67)54-37-35-51(36-38-54)55-39-40-63-66(44-55)69(58-42-56(49-22-8-3-9-23-49)41-57(43-58)50-24-10-4-11-25-50)62-33-19-18-32-61(62)68(63)59-45-64(52-26-12-5-13-27-52)48(2)65(46-59)53-28-14-6-15-29-53/h3-20,22-48,64H,21H2,1-2H3/t47?,48-,64?/m0/s1. The smallest absolute Gasteiger partial charge is 0.145 e. The normalized spacial score (nSPS) is 16.3. The van der Waals surface area contributed by atoms with Crippen molar-refractivity contribution in [2.45, 2.75) is 32.1 Å². The average molecular weight is 935 g/mol. The Morgan fingerprint density at radius 1 is 0.425 bits per heavy atom. The Labute approximate surface area is 428 Å². The van der Waals surface area contributed by atoms with Gasteiger partial charge in [0.1, 0.15) is 5.82 Å². The summed E-state index contributed by atoms with van der Waals surface area (Å²) in [6.07, 6.45) is 10.5. The zero-order chi connectivity index (χ0) is 48.8. The number of imidazole rings is 1. The van der Waals surface area contributed by atoms with Gasteiger partial charge in [0.2, 0.25) is 0 Å². The summed E-state index contributed by atoms with van der Waals surface area (Å²) in [5.41, 5.74) is 20.5. The molecule has 2 heteroatoms. The first-order chi connectivity index (χ1) is 36.0. The van der Waals surface area contributed by atoms with E-state index in [0.29, 0.717) is 5.92 Å². The molecule has 1 heterocycles. The molecule has 10 aromatic carbocycles. The molecular weight excluding hydrogens is 881 g/mol. The number of fused-ring (bicyclic) bond motifs is 3. The molecule has 0 N–H and O–H groups in total. The van der Waals surface area contributed by atoms with Gasteiger partial charge in [0, 0.05) is 23.1 Å².